The highest BCUT2D eigenvalue weighted by Gasteiger charge is 2.29. The number of hydrogen-bond acceptors (Lipinski definition) is 4. The summed E-state index contributed by atoms with van der Waals surface area (Å²) in [7, 11) is 5.97. The Balaban J connectivity index is 4.47. The van der Waals surface area contributed by atoms with E-state index in [1.54, 1.807) is 7.11 Å². The predicted octanol–water partition coefficient (Wildman–Crippen LogP) is 1.01. The Hall–Kier alpha value is -0.160. The minimum absolute atomic E-state index is 0.0576. The first-order chi connectivity index (χ1) is 8.00. The first-order valence-corrected chi connectivity index (χ1v) is 6.59. The second-order valence-corrected chi connectivity index (χ2v) is 5.23. The van der Waals surface area contributed by atoms with E-state index in [4.69, 9.17) is 10.5 Å². The Bertz CT molecular complexity index is 188. The van der Waals surface area contributed by atoms with E-state index in [0.29, 0.717) is 6.54 Å². The fourth-order valence-corrected chi connectivity index (χ4v) is 1.95. The second-order valence-electron chi connectivity index (χ2n) is 5.23. The zero-order valence-corrected chi connectivity index (χ0v) is 12.3. The maximum Gasteiger partial charge on any atom is 0.0480 e. The Morgan fingerprint density at radius 1 is 1.18 bits per heavy atom. The zero-order valence-electron chi connectivity index (χ0n) is 12.3. The number of nitrogens with two attached hydrogens (primary N) is 1. The van der Waals surface area contributed by atoms with Crippen LogP contribution in [0.1, 0.15) is 26.7 Å². The summed E-state index contributed by atoms with van der Waals surface area (Å²) in [6.45, 7) is 9.17. The fraction of sp³-hybridized carbons (Fsp3) is 1.00. The van der Waals surface area contributed by atoms with Crippen molar-refractivity contribution in [2.24, 2.45) is 5.73 Å². The van der Waals surface area contributed by atoms with Gasteiger partial charge in [0.15, 0.2) is 0 Å². The molecule has 0 aliphatic rings. The summed E-state index contributed by atoms with van der Waals surface area (Å²) in [6, 6.07) is 0. The molecule has 0 saturated heterocycles. The molecule has 0 aromatic carbocycles. The van der Waals surface area contributed by atoms with E-state index >= 15 is 0 Å². The summed E-state index contributed by atoms with van der Waals surface area (Å²) in [4.78, 5) is 4.72. The van der Waals surface area contributed by atoms with Gasteiger partial charge in [0.25, 0.3) is 0 Å². The molecule has 0 bridgehead atoms. The van der Waals surface area contributed by atoms with E-state index in [2.05, 4.69) is 37.7 Å². The van der Waals surface area contributed by atoms with Crippen LogP contribution in [0, 0.1) is 0 Å². The van der Waals surface area contributed by atoms with Crippen molar-refractivity contribution in [3.8, 4) is 0 Å². The molecule has 0 aliphatic carbocycles. The third-order valence-electron chi connectivity index (χ3n) is 3.36. The standard InChI is InChI=1S/C13H31N3O/c1-6-8-16(10-9-15(3)4)13(2,12-14)7-11-17-5/h6-12,14H2,1-5H3. The lowest BCUT2D eigenvalue weighted by atomic mass is 9.95. The minimum atomic E-state index is 0.0576. The third kappa shape index (κ3) is 6.36. The van der Waals surface area contributed by atoms with Crippen LogP contribution in [-0.2, 0) is 4.74 Å². The summed E-state index contributed by atoms with van der Waals surface area (Å²) in [5.74, 6) is 0. The molecule has 0 aliphatic heterocycles. The number of hydrogen-bond donors (Lipinski definition) is 1. The highest BCUT2D eigenvalue weighted by molar-refractivity contribution is 4.87. The monoisotopic (exact) mass is 245 g/mol. The molecule has 2 N–H and O–H groups in total. The predicted molar refractivity (Wildman–Crippen MR) is 74.4 cm³/mol. The van der Waals surface area contributed by atoms with Gasteiger partial charge in [-0.1, -0.05) is 6.92 Å². The van der Waals surface area contributed by atoms with Crippen molar-refractivity contribution in [3.63, 3.8) is 0 Å². The Morgan fingerprint density at radius 3 is 2.24 bits per heavy atom. The van der Waals surface area contributed by atoms with Gasteiger partial charge in [0.05, 0.1) is 0 Å². The number of rotatable bonds is 10. The summed E-state index contributed by atoms with van der Waals surface area (Å²) >= 11 is 0. The van der Waals surface area contributed by atoms with Crippen molar-refractivity contribution >= 4 is 0 Å². The summed E-state index contributed by atoms with van der Waals surface area (Å²) in [6.07, 6.45) is 2.16. The van der Waals surface area contributed by atoms with E-state index in [1.807, 2.05) is 0 Å². The van der Waals surface area contributed by atoms with Crippen LogP contribution in [-0.4, -0.2) is 69.3 Å². The van der Waals surface area contributed by atoms with E-state index in [1.165, 1.54) is 0 Å². The van der Waals surface area contributed by atoms with Gasteiger partial charge in [0.2, 0.25) is 0 Å². The molecule has 104 valence electrons. The van der Waals surface area contributed by atoms with Crippen molar-refractivity contribution in [2.45, 2.75) is 32.2 Å². The largest absolute Gasteiger partial charge is 0.385 e. The van der Waals surface area contributed by atoms with Gasteiger partial charge in [-0.25, -0.2) is 0 Å². The molecule has 0 spiro atoms. The highest BCUT2D eigenvalue weighted by atomic mass is 16.5. The van der Waals surface area contributed by atoms with Crippen molar-refractivity contribution in [3.05, 3.63) is 0 Å². The lowest BCUT2D eigenvalue weighted by molar-refractivity contribution is 0.0631. The zero-order chi connectivity index (χ0) is 13.3. The molecule has 17 heavy (non-hydrogen) atoms. The molecule has 0 amide bonds. The molecule has 1 unspecified atom stereocenters. The Morgan fingerprint density at radius 2 is 1.82 bits per heavy atom. The lowest BCUT2D eigenvalue weighted by Gasteiger charge is -2.41. The molecule has 0 saturated carbocycles. The van der Waals surface area contributed by atoms with Gasteiger partial charge in [-0.3, -0.25) is 4.90 Å². The topological polar surface area (TPSA) is 41.7 Å². The lowest BCUT2D eigenvalue weighted by Crippen LogP contribution is -2.54. The van der Waals surface area contributed by atoms with Crippen LogP contribution in [0.5, 0.6) is 0 Å². The first kappa shape index (κ1) is 16.8. The van der Waals surface area contributed by atoms with Crippen molar-refractivity contribution in [2.75, 3.05) is 54.0 Å². The van der Waals surface area contributed by atoms with Crippen LogP contribution in [0.4, 0.5) is 0 Å². The van der Waals surface area contributed by atoms with Crippen LogP contribution in [0.3, 0.4) is 0 Å². The fourth-order valence-electron chi connectivity index (χ4n) is 1.95. The third-order valence-corrected chi connectivity index (χ3v) is 3.36. The minimum Gasteiger partial charge on any atom is -0.385 e. The molecule has 4 nitrogen and oxygen atoms in total. The highest BCUT2D eigenvalue weighted by Crippen LogP contribution is 2.18. The van der Waals surface area contributed by atoms with E-state index in [0.717, 1.165) is 39.1 Å². The van der Waals surface area contributed by atoms with Crippen molar-refractivity contribution in [1.29, 1.82) is 0 Å². The Kier molecular flexibility index (Phi) is 8.78. The van der Waals surface area contributed by atoms with Gasteiger partial charge in [-0.2, -0.15) is 0 Å². The van der Waals surface area contributed by atoms with E-state index in [9.17, 15) is 0 Å². The normalized spacial score (nSPS) is 15.5. The van der Waals surface area contributed by atoms with Crippen molar-refractivity contribution in [1.82, 2.24) is 9.80 Å². The molecular weight excluding hydrogens is 214 g/mol. The van der Waals surface area contributed by atoms with Crippen LogP contribution < -0.4 is 5.73 Å². The van der Waals surface area contributed by atoms with Crippen molar-refractivity contribution < 1.29 is 4.74 Å². The van der Waals surface area contributed by atoms with Crippen LogP contribution in [0.25, 0.3) is 0 Å². The summed E-state index contributed by atoms with van der Waals surface area (Å²) in [5, 5.41) is 0. The number of methoxy groups -OCH3 is 1. The first-order valence-electron chi connectivity index (χ1n) is 6.59. The summed E-state index contributed by atoms with van der Waals surface area (Å²) < 4.78 is 5.20. The molecule has 0 heterocycles. The maximum absolute atomic E-state index is 5.97. The van der Waals surface area contributed by atoms with Gasteiger partial charge >= 0.3 is 0 Å². The Labute approximate surface area is 107 Å². The molecule has 0 aromatic rings. The average Bonchev–Trinajstić information content (AvgIpc) is 2.31. The van der Waals surface area contributed by atoms with Gasteiger partial charge in [-0.15, -0.1) is 0 Å². The molecule has 0 rings (SSSR count). The van der Waals surface area contributed by atoms with Crippen LogP contribution >= 0.6 is 0 Å². The van der Waals surface area contributed by atoms with Gasteiger partial charge in [0, 0.05) is 38.9 Å². The van der Waals surface area contributed by atoms with Gasteiger partial charge in [0.1, 0.15) is 0 Å². The second kappa shape index (κ2) is 8.86. The van der Waals surface area contributed by atoms with Crippen LogP contribution in [0.2, 0.25) is 0 Å². The molecule has 0 aromatic heterocycles. The summed E-state index contributed by atoms with van der Waals surface area (Å²) in [5.41, 5.74) is 6.03. The molecule has 1 atom stereocenters. The quantitative estimate of drug-likeness (QED) is 0.624. The SMILES string of the molecule is CCCN(CCN(C)C)C(C)(CN)CCOC. The molecule has 0 radical (unpaired) electrons. The smallest absolute Gasteiger partial charge is 0.0480 e. The number of likely N-dealkylation sites (N-methyl/N-ethyl adjacent to an activating group) is 1. The molecule has 4 heteroatoms. The van der Waals surface area contributed by atoms with Gasteiger partial charge in [-0.05, 0) is 40.4 Å². The van der Waals surface area contributed by atoms with E-state index < -0.39 is 0 Å². The maximum atomic E-state index is 5.97. The van der Waals surface area contributed by atoms with Gasteiger partial charge < -0.3 is 15.4 Å². The number of nitrogens with zero attached hydrogens (tertiary/aromatic N) is 2. The molecular formula is C13H31N3O. The average molecular weight is 245 g/mol. The van der Waals surface area contributed by atoms with Crippen LogP contribution in [0.15, 0.2) is 0 Å². The number of ether oxygens (including phenoxy) is 1. The van der Waals surface area contributed by atoms with E-state index in [-0.39, 0.29) is 5.54 Å². The molecule has 0 fully saturated rings.